The molecular weight excluding hydrogens is 222 g/mol. The number of rotatable bonds is 6. The van der Waals surface area contributed by atoms with Crippen molar-refractivity contribution < 1.29 is 9.63 Å². The van der Waals surface area contributed by atoms with Crippen LogP contribution < -0.4 is 16.5 Å². The van der Waals surface area contributed by atoms with Crippen LogP contribution in [-0.2, 0) is 9.63 Å². The van der Waals surface area contributed by atoms with Crippen LogP contribution in [0, 0.1) is 10.8 Å². The van der Waals surface area contributed by atoms with Crippen LogP contribution in [0.15, 0.2) is 0 Å². The molecule has 0 aromatic rings. The van der Waals surface area contributed by atoms with E-state index in [1.165, 1.54) is 12.8 Å². The summed E-state index contributed by atoms with van der Waals surface area (Å²) in [6.07, 6.45) is 5.59. The van der Waals surface area contributed by atoms with Gasteiger partial charge in [-0.05, 0) is 6.42 Å². The topological polar surface area (TPSA) is 124 Å². The Balaban J connectivity index is 3.46. The molecule has 0 aliphatic carbocycles. The molecule has 0 saturated carbocycles. The minimum atomic E-state index is -0.420. The molecule has 7 nitrogen and oxygen atoms in total. The van der Waals surface area contributed by atoms with Gasteiger partial charge in [0.25, 0.3) is 0 Å². The number of guanidine groups is 2. The van der Waals surface area contributed by atoms with Crippen molar-refractivity contribution in [3.05, 3.63) is 0 Å². The van der Waals surface area contributed by atoms with Crippen LogP contribution >= 0.6 is 0 Å². The Bertz CT molecular complexity index is 267. The molecule has 0 aliphatic heterocycles. The maximum Gasteiger partial charge on any atom is 0.332 e. The fourth-order valence-electron chi connectivity index (χ4n) is 1.19. The number of hydrogen-bond donors (Lipinski definition) is 5. The predicted molar refractivity (Wildman–Crippen MR) is 65.4 cm³/mol. The van der Waals surface area contributed by atoms with Crippen LogP contribution in [0.25, 0.3) is 0 Å². The highest BCUT2D eigenvalue weighted by Crippen LogP contribution is 2.05. The number of carbonyl (C=O) groups excluding carboxylic acids is 1. The molecule has 6 N–H and O–H groups in total. The van der Waals surface area contributed by atoms with Gasteiger partial charge in [0.15, 0.2) is 5.96 Å². The summed E-state index contributed by atoms with van der Waals surface area (Å²) in [7, 11) is 0. The molecule has 0 aromatic carbocycles. The molecule has 7 heteroatoms. The first-order valence-corrected chi connectivity index (χ1v) is 5.71. The third-order valence-electron chi connectivity index (χ3n) is 2.01. The Hall–Kier alpha value is -1.79. The minimum absolute atomic E-state index is 0.323. The van der Waals surface area contributed by atoms with E-state index in [1.54, 1.807) is 0 Å². The molecule has 0 aliphatic rings. The fraction of sp³-hybridized carbons (Fsp3) is 0.700. The van der Waals surface area contributed by atoms with Crippen LogP contribution in [0.5, 0.6) is 0 Å². The van der Waals surface area contributed by atoms with Crippen molar-refractivity contribution in [2.24, 2.45) is 5.73 Å². The summed E-state index contributed by atoms with van der Waals surface area (Å²) < 4.78 is 0. The first-order chi connectivity index (χ1) is 8.06. The van der Waals surface area contributed by atoms with Gasteiger partial charge in [-0.15, -0.1) is 0 Å². The molecule has 0 rings (SSSR count). The number of carbonyl (C=O) groups is 1. The Labute approximate surface area is 101 Å². The van der Waals surface area contributed by atoms with Gasteiger partial charge < -0.3 is 10.6 Å². The first-order valence-electron chi connectivity index (χ1n) is 5.71. The number of nitrogens with one attached hydrogen (secondary N) is 4. The summed E-state index contributed by atoms with van der Waals surface area (Å²) in [6, 6.07) is 0. The average Bonchev–Trinajstić information content (AvgIpc) is 2.25. The van der Waals surface area contributed by atoms with Gasteiger partial charge in [-0.25, -0.2) is 4.79 Å². The van der Waals surface area contributed by atoms with Gasteiger partial charge in [-0.3, -0.25) is 16.1 Å². The summed E-state index contributed by atoms with van der Waals surface area (Å²) >= 11 is 0. The Kier molecular flexibility index (Phi) is 8.44. The second-order valence-corrected chi connectivity index (χ2v) is 3.65. The summed E-state index contributed by atoms with van der Waals surface area (Å²) in [6.45, 7) is 2.13. The lowest BCUT2D eigenvalue weighted by Gasteiger charge is -2.08. The van der Waals surface area contributed by atoms with E-state index >= 15 is 0 Å². The zero-order valence-corrected chi connectivity index (χ0v) is 10.1. The van der Waals surface area contributed by atoms with Gasteiger partial charge in [0, 0.05) is 6.42 Å². The van der Waals surface area contributed by atoms with E-state index in [1.807, 2.05) is 0 Å². The fourth-order valence-corrected chi connectivity index (χ4v) is 1.19. The standard InChI is InChI=1S/C10H21N5O2/c1-2-3-4-5-6-7-8(16)17-15-10(13)14-9(11)12/h2-7H2,1H3,(H6,11,12,13,14,15). The molecule has 0 radical (unpaired) electrons. The molecule has 0 bridgehead atoms. The van der Waals surface area contributed by atoms with E-state index in [-0.39, 0.29) is 5.96 Å². The van der Waals surface area contributed by atoms with Gasteiger partial charge in [0.1, 0.15) is 0 Å². The molecule has 0 spiro atoms. The van der Waals surface area contributed by atoms with Crippen LogP contribution in [0.1, 0.15) is 45.4 Å². The van der Waals surface area contributed by atoms with Crippen molar-refractivity contribution in [1.29, 1.82) is 10.8 Å². The van der Waals surface area contributed by atoms with Crippen molar-refractivity contribution in [3.8, 4) is 0 Å². The van der Waals surface area contributed by atoms with E-state index in [0.717, 1.165) is 19.3 Å². The minimum Gasteiger partial charge on any atom is -0.370 e. The van der Waals surface area contributed by atoms with E-state index in [2.05, 4.69) is 22.6 Å². The largest absolute Gasteiger partial charge is 0.370 e. The highest BCUT2D eigenvalue weighted by atomic mass is 16.7. The molecule has 0 fully saturated rings. The van der Waals surface area contributed by atoms with Gasteiger partial charge in [-0.1, -0.05) is 32.6 Å². The zero-order valence-electron chi connectivity index (χ0n) is 10.1. The molecule has 0 heterocycles. The summed E-state index contributed by atoms with van der Waals surface area (Å²) in [4.78, 5) is 15.8. The molecule has 0 saturated heterocycles. The Morgan fingerprint density at radius 2 is 1.88 bits per heavy atom. The first kappa shape index (κ1) is 15.2. The van der Waals surface area contributed by atoms with Gasteiger partial charge in [-0.2, -0.15) is 5.48 Å². The molecule has 17 heavy (non-hydrogen) atoms. The highest BCUT2D eigenvalue weighted by molar-refractivity contribution is 5.94. The second-order valence-electron chi connectivity index (χ2n) is 3.65. The van der Waals surface area contributed by atoms with Crippen molar-refractivity contribution in [2.75, 3.05) is 0 Å². The quantitative estimate of drug-likeness (QED) is 0.204. The van der Waals surface area contributed by atoms with Crippen LogP contribution in [0.3, 0.4) is 0 Å². The summed E-state index contributed by atoms with van der Waals surface area (Å²) in [5.41, 5.74) is 7.04. The van der Waals surface area contributed by atoms with E-state index in [0.29, 0.717) is 6.42 Å². The van der Waals surface area contributed by atoms with E-state index in [4.69, 9.17) is 16.6 Å². The third-order valence-corrected chi connectivity index (χ3v) is 2.01. The Morgan fingerprint density at radius 1 is 1.24 bits per heavy atom. The number of nitrogens with two attached hydrogens (primary N) is 1. The second kappa shape index (κ2) is 9.44. The molecular formula is C10H21N5O2. The molecule has 0 atom stereocenters. The van der Waals surface area contributed by atoms with Crippen molar-refractivity contribution in [3.63, 3.8) is 0 Å². The number of hydrogen-bond acceptors (Lipinski definition) is 4. The van der Waals surface area contributed by atoms with Crippen molar-refractivity contribution in [2.45, 2.75) is 45.4 Å². The molecule has 98 valence electrons. The normalized spacial score (nSPS) is 9.47. The van der Waals surface area contributed by atoms with Crippen LogP contribution in [0.4, 0.5) is 0 Å². The zero-order chi connectivity index (χ0) is 13.1. The van der Waals surface area contributed by atoms with Gasteiger partial charge in [0.2, 0.25) is 5.96 Å². The van der Waals surface area contributed by atoms with Crippen molar-refractivity contribution >= 4 is 17.9 Å². The SMILES string of the molecule is CCCCCCCC(=O)ONC(=N)NC(=N)N. The van der Waals surface area contributed by atoms with Gasteiger partial charge in [0.05, 0.1) is 0 Å². The van der Waals surface area contributed by atoms with Gasteiger partial charge >= 0.3 is 5.97 Å². The lowest BCUT2D eigenvalue weighted by molar-refractivity contribution is -0.148. The predicted octanol–water partition coefficient (Wildman–Crippen LogP) is 0.813. The molecule has 0 unspecified atom stereocenters. The van der Waals surface area contributed by atoms with Crippen molar-refractivity contribution in [1.82, 2.24) is 10.8 Å². The molecule has 0 aromatic heterocycles. The lowest BCUT2D eigenvalue weighted by atomic mass is 10.1. The maximum atomic E-state index is 11.2. The number of hydroxylamine groups is 1. The summed E-state index contributed by atoms with van der Waals surface area (Å²) in [5.74, 6) is -1.15. The third kappa shape index (κ3) is 10.5. The highest BCUT2D eigenvalue weighted by Gasteiger charge is 2.04. The summed E-state index contributed by atoms with van der Waals surface area (Å²) in [5, 5.41) is 16.1. The van der Waals surface area contributed by atoms with Crippen LogP contribution in [0.2, 0.25) is 0 Å². The maximum absolute atomic E-state index is 11.2. The number of unbranched alkanes of at least 4 members (excludes halogenated alkanes) is 4. The Morgan fingerprint density at radius 3 is 2.47 bits per heavy atom. The average molecular weight is 243 g/mol. The smallest absolute Gasteiger partial charge is 0.332 e. The lowest BCUT2D eigenvalue weighted by Crippen LogP contribution is -2.43. The monoisotopic (exact) mass is 243 g/mol. The van der Waals surface area contributed by atoms with E-state index in [9.17, 15) is 4.79 Å². The molecule has 0 amide bonds. The van der Waals surface area contributed by atoms with Crippen LogP contribution in [-0.4, -0.2) is 17.9 Å². The van der Waals surface area contributed by atoms with E-state index < -0.39 is 11.9 Å².